The van der Waals surface area contributed by atoms with E-state index in [0.29, 0.717) is 19.5 Å². The molecule has 0 unspecified atom stereocenters. The van der Waals surface area contributed by atoms with E-state index in [2.05, 4.69) is 33.4 Å². The van der Waals surface area contributed by atoms with E-state index in [-0.39, 0.29) is 29.9 Å². The first-order valence-corrected chi connectivity index (χ1v) is 9.03. The second-order valence-electron chi connectivity index (χ2n) is 6.49. The zero-order chi connectivity index (χ0) is 18.4. The van der Waals surface area contributed by atoms with Crippen molar-refractivity contribution in [2.24, 2.45) is 4.99 Å². The van der Waals surface area contributed by atoms with Crippen LogP contribution in [0.3, 0.4) is 0 Å². The van der Waals surface area contributed by atoms with Crippen LogP contribution in [0.25, 0.3) is 0 Å². The second kappa shape index (κ2) is 10.3. The fourth-order valence-electron chi connectivity index (χ4n) is 3.27. The molecule has 5 nitrogen and oxygen atoms in total. The third kappa shape index (κ3) is 5.45. The second-order valence-corrected chi connectivity index (χ2v) is 6.49. The van der Waals surface area contributed by atoms with E-state index in [1.807, 2.05) is 43.4 Å². The number of para-hydroxylation sites is 1. The van der Waals surface area contributed by atoms with Crippen LogP contribution in [-0.4, -0.2) is 44.0 Å². The molecule has 1 aliphatic heterocycles. The fraction of sp³-hybridized carbons (Fsp3) is 0.333. The van der Waals surface area contributed by atoms with Gasteiger partial charge in [-0.2, -0.15) is 0 Å². The van der Waals surface area contributed by atoms with E-state index in [4.69, 9.17) is 0 Å². The van der Waals surface area contributed by atoms with Crippen LogP contribution in [0.4, 0.5) is 5.69 Å². The highest BCUT2D eigenvalue weighted by Gasteiger charge is 2.22. The summed E-state index contributed by atoms with van der Waals surface area (Å²) in [5.74, 6) is 0.951. The number of benzene rings is 2. The van der Waals surface area contributed by atoms with Crippen molar-refractivity contribution in [3.05, 3.63) is 65.7 Å². The SMILES string of the molecule is CN=C(NCCC(=O)N(C)Cc1ccccc1)N1CCc2ccccc21.I. The molecule has 0 fully saturated rings. The average molecular weight is 478 g/mol. The lowest BCUT2D eigenvalue weighted by molar-refractivity contribution is -0.130. The third-order valence-corrected chi connectivity index (χ3v) is 4.66. The number of hydrogen-bond donors (Lipinski definition) is 1. The molecule has 1 aliphatic rings. The molecule has 1 heterocycles. The Kier molecular flexibility index (Phi) is 8.09. The third-order valence-electron chi connectivity index (χ3n) is 4.66. The number of aliphatic imine (C=N–C) groups is 1. The van der Waals surface area contributed by atoms with E-state index in [1.165, 1.54) is 11.3 Å². The highest BCUT2D eigenvalue weighted by atomic mass is 127. The molecule has 0 atom stereocenters. The topological polar surface area (TPSA) is 47.9 Å². The molecular formula is C21H27IN4O. The van der Waals surface area contributed by atoms with Gasteiger partial charge in [-0.1, -0.05) is 48.5 Å². The fourth-order valence-corrected chi connectivity index (χ4v) is 3.27. The van der Waals surface area contributed by atoms with Crippen LogP contribution in [0, 0.1) is 0 Å². The summed E-state index contributed by atoms with van der Waals surface area (Å²) in [5.41, 5.74) is 3.68. The first kappa shape index (κ1) is 21.2. The Labute approximate surface area is 178 Å². The van der Waals surface area contributed by atoms with Crippen molar-refractivity contribution < 1.29 is 4.79 Å². The number of fused-ring (bicyclic) bond motifs is 1. The van der Waals surface area contributed by atoms with Crippen LogP contribution in [0.1, 0.15) is 17.5 Å². The first-order valence-electron chi connectivity index (χ1n) is 9.03. The molecule has 0 radical (unpaired) electrons. The van der Waals surface area contributed by atoms with Crippen LogP contribution in [0.15, 0.2) is 59.6 Å². The van der Waals surface area contributed by atoms with Crippen molar-refractivity contribution in [2.45, 2.75) is 19.4 Å². The summed E-state index contributed by atoms with van der Waals surface area (Å²) in [4.78, 5) is 20.7. The molecule has 0 saturated heterocycles. The minimum atomic E-state index is 0. The van der Waals surface area contributed by atoms with Crippen molar-refractivity contribution in [3.8, 4) is 0 Å². The van der Waals surface area contributed by atoms with Crippen molar-refractivity contribution in [1.82, 2.24) is 10.2 Å². The minimum Gasteiger partial charge on any atom is -0.355 e. The average Bonchev–Trinajstić information content (AvgIpc) is 3.10. The molecule has 6 heteroatoms. The maximum Gasteiger partial charge on any atom is 0.224 e. The van der Waals surface area contributed by atoms with Crippen molar-refractivity contribution in [3.63, 3.8) is 0 Å². The number of carbonyl (C=O) groups is 1. The van der Waals surface area contributed by atoms with Gasteiger partial charge in [-0.15, -0.1) is 24.0 Å². The minimum absolute atomic E-state index is 0. The van der Waals surface area contributed by atoms with E-state index >= 15 is 0 Å². The number of rotatable bonds is 5. The standard InChI is InChI=1S/C21H26N4O.HI/c1-22-21(25-15-13-18-10-6-7-11-19(18)25)23-14-12-20(26)24(2)16-17-8-4-3-5-9-17;/h3-11H,12-16H2,1-2H3,(H,22,23);1H. The van der Waals surface area contributed by atoms with E-state index < -0.39 is 0 Å². The van der Waals surface area contributed by atoms with Gasteiger partial charge in [0.25, 0.3) is 0 Å². The molecule has 0 aromatic heterocycles. The Balaban J connectivity index is 0.00000261. The Morgan fingerprint density at radius 2 is 1.85 bits per heavy atom. The van der Waals surface area contributed by atoms with Gasteiger partial charge in [0.2, 0.25) is 5.91 Å². The van der Waals surface area contributed by atoms with E-state index in [0.717, 1.165) is 24.5 Å². The zero-order valence-electron chi connectivity index (χ0n) is 15.9. The van der Waals surface area contributed by atoms with E-state index in [1.54, 1.807) is 11.9 Å². The largest absolute Gasteiger partial charge is 0.355 e. The van der Waals surface area contributed by atoms with E-state index in [9.17, 15) is 4.79 Å². The summed E-state index contributed by atoms with van der Waals surface area (Å²) in [6.07, 6.45) is 1.47. The number of anilines is 1. The number of nitrogens with zero attached hydrogens (tertiary/aromatic N) is 3. The number of carbonyl (C=O) groups excluding carboxylic acids is 1. The van der Waals surface area contributed by atoms with Crippen molar-refractivity contribution in [2.75, 3.05) is 32.1 Å². The summed E-state index contributed by atoms with van der Waals surface area (Å²) >= 11 is 0. The summed E-state index contributed by atoms with van der Waals surface area (Å²) < 4.78 is 0. The monoisotopic (exact) mass is 478 g/mol. The van der Waals surface area contributed by atoms with Crippen LogP contribution in [-0.2, 0) is 17.8 Å². The maximum absolute atomic E-state index is 12.4. The smallest absolute Gasteiger partial charge is 0.224 e. The molecule has 3 rings (SSSR count). The van der Waals surface area contributed by atoms with Crippen LogP contribution < -0.4 is 10.2 Å². The van der Waals surface area contributed by atoms with Gasteiger partial charge < -0.3 is 15.1 Å². The van der Waals surface area contributed by atoms with Crippen LogP contribution in [0.5, 0.6) is 0 Å². The molecule has 1 amide bonds. The Bertz CT molecular complexity index is 779. The predicted molar refractivity (Wildman–Crippen MR) is 122 cm³/mol. The number of amides is 1. The summed E-state index contributed by atoms with van der Waals surface area (Å²) in [5, 5.41) is 3.33. The molecule has 1 N–H and O–H groups in total. The number of halogens is 1. The van der Waals surface area contributed by atoms with Crippen molar-refractivity contribution >= 4 is 41.5 Å². The molecule has 2 aromatic carbocycles. The lowest BCUT2D eigenvalue weighted by atomic mass is 10.2. The quantitative estimate of drug-likeness (QED) is 0.408. The van der Waals surface area contributed by atoms with Crippen molar-refractivity contribution in [1.29, 1.82) is 0 Å². The van der Waals surface area contributed by atoms with Crippen LogP contribution in [0.2, 0.25) is 0 Å². The van der Waals surface area contributed by atoms with Gasteiger partial charge in [0, 0.05) is 45.8 Å². The molecule has 2 aromatic rings. The molecule has 0 aliphatic carbocycles. The summed E-state index contributed by atoms with van der Waals surface area (Å²) in [6, 6.07) is 18.4. The normalized spacial score (nSPS) is 13.0. The highest BCUT2D eigenvalue weighted by molar-refractivity contribution is 14.0. The van der Waals surface area contributed by atoms with Crippen LogP contribution >= 0.6 is 24.0 Å². The zero-order valence-corrected chi connectivity index (χ0v) is 18.2. The summed E-state index contributed by atoms with van der Waals surface area (Å²) in [6.45, 7) is 2.12. The highest BCUT2D eigenvalue weighted by Crippen LogP contribution is 2.27. The Hall–Kier alpha value is -2.09. The number of hydrogen-bond acceptors (Lipinski definition) is 2. The first-order chi connectivity index (χ1) is 12.7. The Morgan fingerprint density at radius 1 is 1.15 bits per heavy atom. The van der Waals surface area contributed by atoms with Gasteiger partial charge in [0.15, 0.2) is 5.96 Å². The summed E-state index contributed by atoms with van der Waals surface area (Å²) in [7, 11) is 3.63. The number of nitrogens with one attached hydrogen (secondary N) is 1. The van der Waals surface area contributed by atoms with Gasteiger partial charge in [0.1, 0.15) is 0 Å². The Morgan fingerprint density at radius 3 is 2.59 bits per heavy atom. The molecule has 0 spiro atoms. The lowest BCUT2D eigenvalue weighted by Crippen LogP contribution is -2.42. The number of guanidine groups is 1. The maximum atomic E-state index is 12.4. The van der Waals surface area contributed by atoms with Gasteiger partial charge >= 0.3 is 0 Å². The van der Waals surface area contributed by atoms with Gasteiger partial charge in [0.05, 0.1) is 0 Å². The predicted octanol–water partition coefficient (Wildman–Crippen LogP) is 3.29. The molecule has 0 bridgehead atoms. The van der Waals surface area contributed by atoms with Gasteiger partial charge in [-0.25, -0.2) is 0 Å². The van der Waals surface area contributed by atoms with Gasteiger partial charge in [-0.3, -0.25) is 9.79 Å². The molecule has 27 heavy (non-hydrogen) atoms. The van der Waals surface area contributed by atoms with Gasteiger partial charge in [-0.05, 0) is 23.6 Å². The molecular weight excluding hydrogens is 451 g/mol. The lowest BCUT2D eigenvalue weighted by Gasteiger charge is -2.23. The molecule has 0 saturated carbocycles. The molecule has 144 valence electrons.